The van der Waals surface area contributed by atoms with E-state index in [-0.39, 0.29) is 17.9 Å². The number of anilines is 1. The molecule has 4 rings (SSSR count). The number of amides is 2. The molecule has 2 saturated heterocycles. The van der Waals surface area contributed by atoms with Crippen molar-refractivity contribution in [1.29, 1.82) is 0 Å². The van der Waals surface area contributed by atoms with Crippen LogP contribution in [0.25, 0.3) is 0 Å². The molecule has 0 radical (unpaired) electrons. The second-order valence-electron chi connectivity index (χ2n) is 9.34. The van der Waals surface area contributed by atoms with E-state index >= 15 is 0 Å². The summed E-state index contributed by atoms with van der Waals surface area (Å²) < 4.78 is 20.3. The van der Waals surface area contributed by atoms with Gasteiger partial charge in [0, 0.05) is 69.2 Å². The summed E-state index contributed by atoms with van der Waals surface area (Å²) in [4.78, 5) is 31.8. The Bertz CT molecular complexity index is 1060. The molecule has 2 aromatic carbocycles. The molecule has 0 aliphatic carbocycles. The number of carbonyl (C=O) groups excluding carboxylic acids is 2. The maximum absolute atomic E-state index is 14.3. The van der Waals surface area contributed by atoms with Crippen LogP contribution in [0.15, 0.2) is 36.4 Å². The van der Waals surface area contributed by atoms with Gasteiger partial charge in [0.2, 0.25) is 0 Å². The van der Waals surface area contributed by atoms with Gasteiger partial charge in [0.1, 0.15) is 11.6 Å². The lowest BCUT2D eigenvalue weighted by Gasteiger charge is -2.35. The van der Waals surface area contributed by atoms with Gasteiger partial charge in [0.15, 0.2) is 0 Å². The first-order chi connectivity index (χ1) is 16.9. The smallest absolute Gasteiger partial charge is 0.254 e. The molecule has 0 saturated carbocycles. The molecule has 0 aromatic heterocycles. The molecule has 2 aliphatic rings. The third-order valence-corrected chi connectivity index (χ3v) is 6.79. The van der Waals surface area contributed by atoms with Crippen molar-refractivity contribution in [3.8, 4) is 5.75 Å². The Morgan fingerprint density at radius 2 is 1.57 bits per heavy atom. The largest absolute Gasteiger partial charge is 0.490 e. The fraction of sp³-hybridized carbons (Fsp3) is 0.481. The second kappa shape index (κ2) is 11.1. The van der Waals surface area contributed by atoms with Gasteiger partial charge in [-0.15, -0.1) is 0 Å². The van der Waals surface area contributed by atoms with Crippen molar-refractivity contribution in [3.63, 3.8) is 0 Å². The number of halogens is 1. The van der Waals surface area contributed by atoms with E-state index in [1.165, 1.54) is 12.1 Å². The molecule has 2 amide bonds. The van der Waals surface area contributed by atoms with E-state index in [1.54, 1.807) is 21.9 Å². The van der Waals surface area contributed by atoms with Gasteiger partial charge in [0.05, 0.1) is 6.10 Å². The summed E-state index contributed by atoms with van der Waals surface area (Å²) in [5.74, 6) is 0.133. The molecule has 2 aromatic rings. The summed E-state index contributed by atoms with van der Waals surface area (Å²) >= 11 is 0. The lowest BCUT2D eigenvalue weighted by atomic mass is 10.1. The summed E-state index contributed by atoms with van der Waals surface area (Å²) in [6.07, 6.45) is 1.03. The maximum atomic E-state index is 14.3. The molecule has 1 atom stereocenters. The molecule has 0 bridgehead atoms. The van der Waals surface area contributed by atoms with Crippen LogP contribution in [0.1, 0.15) is 46.5 Å². The van der Waals surface area contributed by atoms with Crippen molar-refractivity contribution in [2.45, 2.75) is 33.3 Å². The molecular formula is C27H35FN4O3. The first-order valence-corrected chi connectivity index (χ1v) is 12.5. The van der Waals surface area contributed by atoms with Crippen LogP contribution in [-0.2, 0) is 0 Å². The number of piperazine rings is 2. The minimum atomic E-state index is -0.408. The molecule has 2 fully saturated rings. The van der Waals surface area contributed by atoms with E-state index in [0.717, 1.165) is 49.6 Å². The maximum Gasteiger partial charge on any atom is 0.254 e. The summed E-state index contributed by atoms with van der Waals surface area (Å²) in [6, 6.07) is 10.1. The van der Waals surface area contributed by atoms with E-state index in [4.69, 9.17) is 4.74 Å². The monoisotopic (exact) mass is 482 g/mol. The Hall–Kier alpha value is -3.13. The van der Waals surface area contributed by atoms with Crippen LogP contribution in [0, 0.1) is 12.7 Å². The van der Waals surface area contributed by atoms with E-state index < -0.39 is 5.82 Å². The zero-order chi connectivity index (χ0) is 24.9. The van der Waals surface area contributed by atoms with Crippen LogP contribution in [0.3, 0.4) is 0 Å². The molecule has 1 N–H and O–H groups in total. The van der Waals surface area contributed by atoms with Crippen LogP contribution < -0.4 is 15.0 Å². The topological polar surface area (TPSA) is 65.1 Å². The predicted octanol–water partition coefficient (Wildman–Crippen LogP) is 3.32. The van der Waals surface area contributed by atoms with Crippen molar-refractivity contribution in [1.82, 2.24) is 15.1 Å². The van der Waals surface area contributed by atoms with Gasteiger partial charge in [-0.05, 0) is 62.2 Å². The zero-order valence-corrected chi connectivity index (χ0v) is 20.8. The van der Waals surface area contributed by atoms with Gasteiger partial charge in [-0.3, -0.25) is 9.59 Å². The Kier molecular flexibility index (Phi) is 7.90. The number of hydrogen-bond acceptors (Lipinski definition) is 5. The van der Waals surface area contributed by atoms with Crippen LogP contribution in [0.4, 0.5) is 10.1 Å². The summed E-state index contributed by atoms with van der Waals surface area (Å²) in [5, 5.41) is 3.28. The van der Waals surface area contributed by atoms with Gasteiger partial charge in [-0.1, -0.05) is 6.92 Å². The number of ether oxygens (including phenoxy) is 1. The minimum Gasteiger partial charge on any atom is -0.490 e. The summed E-state index contributed by atoms with van der Waals surface area (Å²) in [7, 11) is 0. The van der Waals surface area contributed by atoms with Gasteiger partial charge in [-0.25, -0.2) is 4.39 Å². The number of nitrogens with zero attached hydrogens (tertiary/aromatic N) is 3. The molecule has 35 heavy (non-hydrogen) atoms. The van der Waals surface area contributed by atoms with Gasteiger partial charge in [-0.2, -0.15) is 0 Å². The molecule has 2 aliphatic heterocycles. The highest BCUT2D eigenvalue weighted by molar-refractivity contribution is 5.96. The highest BCUT2D eigenvalue weighted by atomic mass is 19.1. The first kappa shape index (κ1) is 25.0. The van der Waals surface area contributed by atoms with E-state index in [0.29, 0.717) is 37.3 Å². The Morgan fingerprint density at radius 1 is 0.943 bits per heavy atom. The van der Waals surface area contributed by atoms with Crippen LogP contribution in [-0.4, -0.2) is 80.1 Å². The summed E-state index contributed by atoms with van der Waals surface area (Å²) in [6.45, 7) is 11.0. The standard InChI is InChI=1S/C27H35FN4O3/c1-4-20(3)35-25-6-5-21(15-19(25)2)26(33)31-11-13-32(14-12-31)27(34)22-16-23(28)18-24(17-22)30-9-7-29-8-10-30/h5-6,15-18,20,29H,4,7-14H2,1-3H3/t20-/m1/s1. The van der Waals surface area contributed by atoms with Gasteiger partial charge in [0.25, 0.3) is 11.8 Å². The third kappa shape index (κ3) is 5.93. The average molecular weight is 483 g/mol. The minimum absolute atomic E-state index is 0.0537. The van der Waals surface area contributed by atoms with Crippen molar-refractivity contribution in [2.75, 3.05) is 57.3 Å². The van der Waals surface area contributed by atoms with E-state index in [9.17, 15) is 14.0 Å². The molecular weight excluding hydrogens is 447 g/mol. The number of hydrogen-bond donors (Lipinski definition) is 1. The number of aryl methyl sites for hydroxylation is 1. The number of benzene rings is 2. The SMILES string of the molecule is CC[C@@H](C)Oc1ccc(C(=O)N2CCN(C(=O)c3cc(F)cc(N4CCNCC4)c3)CC2)cc1C. The fourth-order valence-electron chi connectivity index (χ4n) is 4.50. The van der Waals surface area contributed by atoms with Crippen LogP contribution >= 0.6 is 0 Å². The normalized spacial score (nSPS) is 17.3. The van der Waals surface area contributed by atoms with Crippen LogP contribution in [0.2, 0.25) is 0 Å². The van der Waals surface area contributed by atoms with Crippen molar-refractivity contribution < 1.29 is 18.7 Å². The number of nitrogens with one attached hydrogen (secondary N) is 1. The molecule has 2 heterocycles. The van der Waals surface area contributed by atoms with Gasteiger partial charge >= 0.3 is 0 Å². The van der Waals surface area contributed by atoms with Crippen molar-refractivity contribution in [3.05, 3.63) is 58.9 Å². The lowest BCUT2D eigenvalue weighted by Crippen LogP contribution is -2.50. The predicted molar refractivity (Wildman–Crippen MR) is 135 cm³/mol. The van der Waals surface area contributed by atoms with Gasteiger partial charge < -0.3 is 24.8 Å². The van der Waals surface area contributed by atoms with Crippen molar-refractivity contribution >= 4 is 17.5 Å². The fourth-order valence-corrected chi connectivity index (χ4v) is 4.50. The van der Waals surface area contributed by atoms with E-state index in [2.05, 4.69) is 17.1 Å². The number of carbonyl (C=O) groups is 2. The highest BCUT2D eigenvalue weighted by Gasteiger charge is 2.27. The summed E-state index contributed by atoms with van der Waals surface area (Å²) in [5.41, 5.74) is 2.63. The lowest BCUT2D eigenvalue weighted by molar-refractivity contribution is 0.0535. The first-order valence-electron chi connectivity index (χ1n) is 12.5. The molecule has 0 unspecified atom stereocenters. The third-order valence-electron chi connectivity index (χ3n) is 6.79. The molecule has 8 heteroatoms. The average Bonchev–Trinajstić information content (AvgIpc) is 2.89. The Labute approximate surface area is 206 Å². The quantitative estimate of drug-likeness (QED) is 0.685. The molecule has 0 spiro atoms. The zero-order valence-electron chi connectivity index (χ0n) is 20.8. The van der Waals surface area contributed by atoms with Crippen LogP contribution in [0.5, 0.6) is 5.75 Å². The Balaban J connectivity index is 1.38. The Morgan fingerprint density at radius 3 is 2.17 bits per heavy atom. The van der Waals surface area contributed by atoms with E-state index in [1.807, 2.05) is 26.0 Å². The molecule has 188 valence electrons. The number of rotatable bonds is 6. The van der Waals surface area contributed by atoms with Crippen molar-refractivity contribution in [2.24, 2.45) is 0 Å². The molecule has 7 nitrogen and oxygen atoms in total. The highest BCUT2D eigenvalue weighted by Crippen LogP contribution is 2.23. The second-order valence-corrected chi connectivity index (χ2v) is 9.34.